The van der Waals surface area contributed by atoms with Gasteiger partial charge in [-0.25, -0.2) is 4.99 Å². The van der Waals surface area contributed by atoms with Gasteiger partial charge in [0.2, 0.25) is 5.91 Å². The molecule has 0 unspecified atom stereocenters. The zero-order valence-corrected chi connectivity index (χ0v) is 12.7. The summed E-state index contributed by atoms with van der Waals surface area (Å²) in [5, 5.41) is 14.8. The van der Waals surface area contributed by atoms with Crippen LogP contribution in [0.15, 0.2) is 29.3 Å². The normalized spacial score (nSPS) is 10.7. The molecule has 112 valence electrons. The average Bonchev–Trinajstić information content (AvgIpc) is 2.50. The molecule has 1 rings (SSSR count). The summed E-state index contributed by atoms with van der Waals surface area (Å²) in [4.78, 5) is 17.5. The molecule has 0 aromatic heterocycles. The zero-order chi connectivity index (χ0) is 15.7. The Morgan fingerprint density at radius 2 is 1.95 bits per heavy atom. The van der Waals surface area contributed by atoms with Crippen molar-refractivity contribution in [3.8, 4) is 6.07 Å². The molecule has 0 atom stereocenters. The minimum Gasteiger partial charge on any atom is -0.357 e. The number of guanidine groups is 1. The van der Waals surface area contributed by atoms with Crippen molar-refractivity contribution >= 4 is 11.9 Å². The molecule has 21 heavy (non-hydrogen) atoms. The smallest absolute Gasteiger partial charge is 0.241 e. The molecule has 1 amide bonds. The largest absolute Gasteiger partial charge is 0.357 e. The molecular formula is C15H21N5O. The second-order valence-electron chi connectivity index (χ2n) is 4.65. The molecule has 0 spiro atoms. The second kappa shape index (κ2) is 8.59. The van der Waals surface area contributed by atoms with Crippen LogP contribution in [0.1, 0.15) is 18.1 Å². The molecule has 0 saturated carbocycles. The summed E-state index contributed by atoms with van der Waals surface area (Å²) < 4.78 is 0. The van der Waals surface area contributed by atoms with Gasteiger partial charge in [-0.15, -0.1) is 0 Å². The van der Waals surface area contributed by atoms with Crippen LogP contribution in [0, 0.1) is 11.3 Å². The lowest BCUT2D eigenvalue weighted by Crippen LogP contribution is -2.42. The molecule has 6 nitrogen and oxygen atoms in total. The van der Waals surface area contributed by atoms with Gasteiger partial charge < -0.3 is 15.5 Å². The van der Waals surface area contributed by atoms with Gasteiger partial charge in [-0.1, -0.05) is 12.1 Å². The van der Waals surface area contributed by atoms with E-state index in [1.807, 2.05) is 19.1 Å². The summed E-state index contributed by atoms with van der Waals surface area (Å²) in [6, 6.07) is 9.35. The number of nitrogens with zero attached hydrogens (tertiary/aromatic N) is 3. The molecule has 0 aliphatic carbocycles. The molecule has 2 N–H and O–H groups in total. The second-order valence-corrected chi connectivity index (χ2v) is 4.65. The van der Waals surface area contributed by atoms with Gasteiger partial charge >= 0.3 is 0 Å². The molecular weight excluding hydrogens is 266 g/mol. The fourth-order valence-electron chi connectivity index (χ4n) is 1.51. The SMILES string of the molecule is CCNC(=NCc1ccc(C#N)cc1)NCC(=O)N(C)C. The molecule has 6 heteroatoms. The molecule has 1 aromatic rings. The van der Waals surface area contributed by atoms with Crippen LogP contribution < -0.4 is 10.6 Å². The van der Waals surface area contributed by atoms with Crippen LogP contribution in [0.4, 0.5) is 0 Å². The number of hydrogen-bond donors (Lipinski definition) is 2. The minimum absolute atomic E-state index is 0.0148. The molecule has 0 bridgehead atoms. The number of rotatable bonds is 5. The van der Waals surface area contributed by atoms with Crippen LogP contribution in [0.3, 0.4) is 0 Å². The Morgan fingerprint density at radius 3 is 2.48 bits per heavy atom. The van der Waals surface area contributed by atoms with E-state index < -0.39 is 0 Å². The Morgan fingerprint density at radius 1 is 1.29 bits per heavy atom. The number of amides is 1. The van der Waals surface area contributed by atoms with E-state index in [9.17, 15) is 4.79 Å². The number of carbonyl (C=O) groups excluding carboxylic acids is 1. The Labute approximate surface area is 125 Å². The fourth-order valence-corrected chi connectivity index (χ4v) is 1.51. The topological polar surface area (TPSA) is 80.5 Å². The summed E-state index contributed by atoms with van der Waals surface area (Å²) in [7, 11) is 3.43. The van der Waals surface area contributed by atoms with Gasteiger partial charge in [-0.3, -0.25) is 4.79 Å². The molecule has 1 aromatic carbocycles. The third-order valence-electron chi connectivity index (χ3n) is 2.75. The van der Waals surface area contributed by atoms with Crippen molar-refractivity contribution in [2.24, 2.45) is 4.99 Å². The number of hydrogen-bond acceptors (Lipinski definition) is 3. The number of benzene rings is 1. The third-order valence-corrected chi connectivity index (χ3v) is 2.75. The highest BCUT2D eigenvalue weighted by Crippen LogP contribution is 2.04. The molecule has 0 saturated heterocycles. The monoisotopic (exact) mass is 287 g/mol. The van der Waals surface area contributed by atoms with Crippen molar-refractivity contribution < 1.29 is 4.79 Å². The predicted octanol–water partition coefficient (Wildman–Crippen LogP) is 0.702. The molecule has 0 fully saturated rings. The first-order chi connectivity index (χ1) is 10.1. The van der Waals surface area contributed by atoms with Gasteiger partial charge in [0.25, 0.3) is 0 Å². The van der Waals surface area contributed by atoms with Crippen molar-refractivity contribution in [3.05, 3.63) is 35.4 Å². The van der Waals surface area contributed by atoms with Gasteiger partial charge in [0.05, 0.1) is 24.7 Å². The summed E-state index contributed by atoms with van der Waals surface area (Å²) in [5.74, 6) is 0.580. The lowest BCUT2D eigenvalue weighted by atomic mass is 10.1. The minimum atomic E-state index is -0.0148. The third kappa shape index (κ3) is 5.95. The van der Waals surface area contributed by atoms with Gasteiger partial charge in [0, 0.05) is 20.6 Å². The van der Waals surface area contributed by atoms with E-state index in [1.165, 1.54) is 4.90 Å². The van der Waals surface area contributed by atoms with Crippen molar-refractivity contribution in [2.75, 3.05) is 27.2 Å². The van der Waals surface area contributed by atoms with E-state index in [4.69, 9.17) is 5.26 Å². The summed E-state index contributed by atoms with van der Waals surface area (Å²) in [5.41, 5.74) is 1.63. The summed E-state index contributed by atoms with van der Waals surface area (Å²) in [6.45, 7) is 3.37. The van der Waals surface area contributed by atoms with Gasteiger partial charge in [-0.05, 0) is 24.6 Å². The van der Waals surface area contributed by atoms with Crippen molar-refractivity contribution in [1.29, 1.82) is 5.26 Å². The van der Waals surface area contributed by atoms with E-state index in [1.54, 1.807) is 26.2 Å². The quantitative estimate of drug-likeness (QED) is 0.617. The van der Waals surface area contributed by atoms with Crippen LogP contribution in [0.5, 0.6) is 0 Å². The number of nitrogens with one attached hydrogen (secondary N) is 2. The van der Waals surface area contributed by atoms with Crippen LogP contribution in [-0.2, 0) is 11.3 Å². The van der Waals surface area contributed by atoms with Crippen LogP contribution in [0.25, 0.3) is 0 Å². The van der Waals surface area contributed by atoms with Crippen LogP contribution in [0.2, 0.25) is 0 Å². The zero-order valence-electron chi connectivity index (χ0n) is 12.7. The highest BCUT2D eigenvalue weighted by Gasteiger charge is 2.05. The fraction of sp³-hybridized carbons (Fsp3) is 0.400. The van der Waals surface area contributed by atoms with Gasteiger partial charge in [0.1, 0.15) is 0 Å². The van der Waals surface area contributed by atoms with E-state index in [0.29, 0.717) is 18.1 Å². The van der Waals surface area contributed by atoms with Crippen LogP contribution in [-0.4, -0.2) is 44.0 Å². The number of carbonyl (C=O) groups is 1. The van der Waals surface area contributed by atoms with Crippen molar-refractivity contribution in [2.45, 2.75) is 13.5 Å². The number of likely N-dealkylation sites (N-methyl/N-ethyl adjacent to an activating group) is 1. The first-order valence-electron chi connectivity index (χ1n) is 6.78. The van der Waals surface area contributed by atoms with Gasteiger partial charge in [-0.2, -0.15) is 5.26 Å². The van der Waals surface area contributed by atoms with Crippen molar-refractivity contribution in [3.63, 3.8) is 0 Å². The first-order valence-corrected chi connectivity index (χ1v) is 6.78. The summed E-state index contributed by atoms with van der Waals surface area (Å²) in [6.07, 6.45) is 0. The number of nitriles is 1. The van der Waals surface area contributed by atoms with Crippen molar-refractivity contribution in [1.82, 2.24) is 15.5 Å². The van der Waals surface area contributed by atoms with E-state index in [2.05, 4.69) is 21.7 Å². The highest BCUT2D eigenvalue weighted by molar-refractivity contribution is 5.86. The lowest BCUT2D eigenvalue weighted by Gasteiger charge is -2.14. The molecule has 0 aliphatic rings. The average molecular weight is 287 g/mol. The van der Waals surface area contributed by atoms with Crippen LogP contribution >= 0.6 is 0 Å². The standard InChI is InChI=1S/C15H21N5O/c1-4-17-15(19-11-14(21)20(2)3)18-10-13-7-5-12(9-16)6-8-13/h5-8H,4,10-11H2,1-3H3,(H2,17,18,19). The maximum absolute atomic E-state index is 11.5. The van der Waals surface area contributed by atoms with Gasteiger partial charge in [0.15, 0.2) is 5.96 Å². The van der Waals surface area contributed by atoms with E-state index in [-0.39, 0.29) is 12.5 Å². The highest BCUT2D eigenvalue weighted by atomic mass is 16.2. The van der Waals surface area contributed by atoms with E-state index in [0.717, 1.165) is 12.1 Å². The van der Waals surface area contributed by atoms with E-state index >= 15 is 0 Å². The maximum atomic E-state index is 11.5. The molecule has 0 aliphatic heterocycles. The first kappa shape index (κ1) is 16.5. The Balaban J connectivity index is 2.62. The maximum Gasteiger partial charge on any atom is 0.241 e. The summed E-state index contributed by atoms with van der Waals surface area (Å²) >= 11 is 0. The molecule has 0 radical (unpaired) electrons. The Kier molecular flexibility index (Phi) is 6.75. The number of aliphatic imine (C=N–C) groups is 1. The lowest BCUT2D eigenvalue weighted by molar-refractivity contribution is -0.127. The predicted molar refractivity (Wildman–Crippen MR) is 82.7 cm³/mol. The Hall–Kier alpha value is -2.55. The molecule has 0 heterocycles. The Bertz CT molecular complexity index is 528.